The standard InChI is InChI=1S/C10H15O5P/c1-3-14-8-16(13)6-5-9(7-11)10(12)15-4-2/h6H,3-5,8H2,1-2H3. The Kier molecular flexibility index (Phi) is 8.68. The Morgan fingerprint density at radius 1 is 1.44 bits per heavy atom. The van der Waals surface area contributed by atoms with Crippen molar-refractivity contribution < 1.29 is 24.0 Å². The second-order valence-electron chi connectivity index (χ2n) is 2.73. The molecule has 0 bridgehead atoms. The minimum Gasteiger partial charge on any atom is -0.629 e. The van der Waals surface area contributed by atoms with Crippen molar-refractivity contribution in [1.82, 2.24) is 0 Å². The molecule has 0 aliphatic carbocycles. The lowest BCUT2D eigenvalue weighted by molar-refractivity contribution is -0.156. The molecule has 0 radical (unpaired) electrons. The van der Waals surface area contributed by atoms with Gasteiger partial charge in [-0.1, -0.05) is 0 Å². The predicted octanol–water partition coefficient (Wildman–Crippen LogP) is 0.251. The summed E-state index contributed by atoms with van der Waals surface area (Å²) in [5, 5.41) is 0. The fourth-order valence-electron chi connectivity index (χ4n) is 0.812. The van der Waals surface area contributed by atoms with E-state index < -0.39 is 13.7 Å². The molecule has 6 heteroatoms. The smallest absolute Gasteiger partial charge is 0.345 e. The Bertz CT molecular complexity index is 304. The molecule has 0 aromatic rings. The molecule has 16 heavy (non-hydrogen) atoms. The highest BCUT2D eigenvalue weighted by molar-refractivity contribution is 7.49. The monoisotopic (exact) mass is 246 g/mol. The van der Waals surface area contributed by atoms with E-state index in [9.17, 15) is 14.5 Å². The van der Waals surface area contributed by atoms with Crippen molar-refractivity contribution in [2.45, 2.75) is 20.3 Å². The summed E-state index contributed by atoms with van der Waals surface area (Å²) in [6, 6.07) is 0. The molecule has 1 atom stereocenters. The normalized spacial score (nSPS) is 10.8. The van der Waals surface area contributed by atoms with E-state index in [1.54, 1.807) is 13.8 Å². The molecule has 0 aliphatic rings. The molecule has 0 amide bonds. The number of carbonyl (C=O) groups is 1. The Morgan fingerprint density at radius 2 is 2.12 bits per heavy atom. The van der Waals surface area contributed by atoms with Crippen LogP contribution in [0.2, 0.25) is 0 Å². The molecule has 0 aromatic heterocycles. The van der Waals surface area contributed by atoms with Crippen LogP contribution in [0, 0.1) is 0 Å². The van der Waals surface area contributed by atoms with Crippen molar-refractivity contribution in [2.75, 3.05) is 19.6 Å². The van der Waals surface area contributed by atoms with E-state index in [-0.39, 0.29) is 24.9 Å². The van der Waals surface area contributed by atoms with E-state index >= 15 is 0 Å². The summed E-state index contributed by atoms with van der Waals surface area (Å²) in [6.45, 7) is 4.09. The van der Waals surface area contributed by atoms with Crippen molar-refractivity contribution >= 4 is 25.5 Å². The number of ether oxygens (including phenoxy) is 2. The molecule has 0 aliphatic heterocycles. The van der Waals surface area contributed by atoms with Crippen LogP contribution < -0.4 is 4.89 Å². The lowest BCUT2D eigenvalue weighted by atomic mass is 10.2. The van der Waals surface area contributed by atoms with Gasteiger partial charge in [0, 0.05) is 13.0 Å². The Labute approximate surface area is 95.5 Å². The van der Waals surface area contributed by atoms with E-state index in [0.717, 1.165) is 0 Å². The van der Waals surface area contributed by atoms with Crippen LogP contribution in [0.3, 0.4) is 0 Å². The fraction of sp³-hybridized carbons (Fsp3) is 0.600. The minimum atomic E-state index is -1.66. The zero-order valence-electron chi connectivity index (χ0n) is 9.39. The van der Waals surface area contributed by atoms with Gasteiger partial charge in [-0.15, -0.1) is 0 Å². The van der Waals surface area contributed by atoms with Gasteiger partial charge in [-0.05, 0) is 13.8 Å². The topological polar surface area (TPSA) is 75.7 Å². The molecule has 1 unspecified atom stereocenters. The van der Waals surface area contributed by atoms with Crippen LogP contribution in [0.15, 0.2) is 5.57 Å². The van der Waals surface area contributed by atoms with Crippen LogP contribution in [0.25, 0.3) is 0 Å². The van der Waals surface area contributed by atoms with Gasteiger partial charge >= 0.3 is 5.97 Å². The summed E-state index contributed by atoms with van der Waals surface area (Å²) >= 11 is 0. The van der Waals surface area contributed by atoms with E-state index in [4.69, 9.17) is 4.74 Å². The molecule has 0 saturated carbocycles. The van der Waals surface area contributed by atoms with Gasteiger partial charge in [0.15, 0.2) is 0 Å². The minimum absolute atomic E-state index is 0.00931. The average Bonchev–Trinajstić information content (AvgIpc) is 2.27. The summed E-state index contributed by atoms with van der Waals surface area (Å²) in [6.07, 6.45) is 0.0887. The molecule has 0 aromatic carbocycles. The molecule has 5 nitrogen and oxygen atoms in total. The molecule has 0 fully saturated rings. The second kappa shape index (κ2) is 9.25. The first-order valence-corrected chi connectivity index (χ1v) is 6.43. The Hall–Kier alpha value is -0.990. The highest BCUT2D eigenvalue weighted by Crippen LogP contribution is 2.11. The number of carbonyl (C=O) groups excluding carboxylic acids is 2. The molecular formula is C10H15O5P. The lowest BCUT2D eigenvalue weighted by Crippen LogP contribution is -2.09. The third kappa shape index (κ3) is 6.49. The maximum absolute atomic E-state index is 11.3. The summed E-state index contributed by atoms with van der Waals surface area (Å²) in [7, 11) is -1.66. The first-order valence-electron chi connectivity index (χ1n) is 4.91. The highest BCUT2D eigenvalue weighted by Gasteiger charge is 2.11. The number of hydrogen-bond donors (Lipinski definition) is 0. The largest absolute Gasteiger partial charge is 0.629 e. The van der Waals surface area contributed by atoms with Gasteiger partial charge < -0.3 is 14.4 Å². The fourth-order valence-corrected chi connectivity index (χ4v) is 1.67. The summed E-state index contributed by atoms with van der Waals surface area (Å²) in [4.78, 5) is 32.8. The molecular weight excluding hydrogens is 231 g/mol. The average molecular weight is 246 g/mol. The van der Waals surface area contributed by atoms with E-state index in [1.165, 1.54) is 11.7 Å². The van der Waals surface area contributed by atoms with Gasteiger partial charge in [0.2, 0.25) is 6.35 Å². The predicted molar refractivity (Wildman–Crippen MR) is 59.9 cm³/mol. The number of hydrogen-bond acceptors (Lipinski definition) is 5. The van der Waals surface area contributed by atoms with Crippen molar-refractivity contribution in [2.24, 2.45) is 0 Å². The SMILES string of the molecule is CCOC[P+]([O-])=CCC(=C=O)C(=O)OCC. The van der Waals surface area contributed by atoms with Crippen LogP contribution in [-0.2, 0) is 19.1 Å². The van der Waals surface area contributed by atoms with E-state index in [1.807, 2.05) is 0 Å². The van der Waals surface area contributed by atoms with Crippen LogP contribution in [-0.4, -0.2) is 37.3 Å². The molecule has 0 saturated heterocycles. The van der Waals surface area contributed by atoms with Gasteiger partial charge in [-0.25, -0.2) is 9.59 Å². The van der Waals surface area contributed by atoms with Crippen molar-refractivity contribution in [1.29, 1.82) is 0 Å². The van der Waals surface area contributed by atoms with Crippen LogP contribution in [0.5, 0.6) is 0 Å². The Balaban J connectivity index is 4.24. The van der Waals surface area contributed by atoms with E-state index in [0.29, 0.717) is 6.61 Å². The quantitative estimate of drug-likeness (QED) is 0.278. The maximum atomic E-state index is 11.3. The van der Waals surface area contributed by atoms with Crippen molar-refractivity contribution in [3.8, 4) is 0 Å². The lowest BCUT2D eigenvalue weighted by Gasteiger charge is -2.00. The zero-order chi connectivity index (χ0) is 12.4. The second-order valence-corrected chi connectivity index (χ2v) is 4.18. The van der Waals surface area contributed by atoms with Crippen LogP contribution in [0.1, 0.15) is 20.3 Å². The highest BCUT2D eigenvalue weighted by atomic mass is 31.1. The van der Waals surface area contributed by atoms with Gasteiger partial charge in [0.25, 0.3) is 0 Å². The van der Waals surface area contributed by atoms with Crippen molar-refractivity contribution in [3.63, 3.8) is 0 Å². The van der Waals surface area contributed by atoms with Crippen LogP contribution in [0.4, 0.5) is 0 Å². The summed E-state index contributed by atoms with van der Waals surface area (Å²) in [5.74, 6) is 2.14. The summed E-state index contributed by atoms with van der Waals surface area (Å²) < 4.78 is 9.55. The summed E-state index contributed by atoms with van der Waals surface area (Å²) in [5.41, 5.74) is -0.151. The molecule has 0 heterocycles. The zero-order valence-corrected chi connectivity index (χ0v) is 10.3. The van der Waals surface area contributed by atoms with Gasteiger partial charge in [-0.2, -0.15) is 0 Å². The van der Waals surface area contributed by atoms with Crippen molar-refractivity contribution in [3.05, 3.63) is 5.57 Å². The van der Waals surface area contributed by atoms with Gasteiger partial charge in [-0.3, -0.25) is 0 Å². The molecule has 90 valence electrons. The first kappa shape index (κ1) is 15.0. The third-order valence-electron chi connectivity index (χ3n) is 1.57. The molecule has 0 rings (SSSR count). The number of esters is 1. The Morgan fingerprint density at radius 3 is 2.62 bits per heavy atom. The van der Waals surface area contributed by atoms with Gasteiger partial charge in [0.05, 0.1) is 20.2 Å². The maximum Gasteiger partial charge on any atom is 0.345 e. The molecule has 0 N–H and O–H groups in total. The molecule has 0 spiro atoms. The number of rotatable bonds is 7. The third-order valence-corrected chi connectivity index (χ3v) is 2.59. The first-order chi connectivity index (χ1) is 7.65. The van der Waals surface area contributed by atoms with Gasteiger partial charge in [0.1, 0.15) is 11.5 Å². The van der Waals surface area contributed by atoms with Crippen LogP contribution >= 0.6 is 7.77 Å². The van der Waals surface area contributed by atoms with E-state index in [2.05, 4.69) is 4.74 Å².